The van der Waals surface area contributed by atoms with Gasteiger partial charge in [0.15, 0.2) is 11.0 Å². The van der Waals surface area contributed by atoms with E-state index in [1.807, 2.05) is 26.8 Å². The van der Waals surface area contributed by atoms with Gasteiger partial charge in [-0.1, -0.05) is 11.6 Å². The number of hydrogen-bond donors (Lipinski definition) is 0. The van der Waals surface area contributed by atoms with Crippen molar-refractivity contribution in [2.24, 2.45) is 0 Å². The SMILES string of the molecule is CC(C)(C)OC(=O)N1[C@H]2CC[C@@H]1[C@H](F)[C@H](N(c1ccc(Cl)nn1)C1CC1)C2. The van der Waals surface area contributed by atoms with Crippen molar-refractivity contribution in [2.75, 3.05) is 4.90 Å². The van der Waals surface area contributed by atoms with Crippen LogP contribution in [-0.2, 0) is 4.74 Å². The summed E-state index contributed by atoms with van der Waals surface area (Å²) in [5.41, 5.74) is -0.585. The number of carbonyl (C=O) groups excluding carboxylic acids is 1. The molecule has 4 atom stereocenters. The number of carbonyl (C=O) groups is 1. The summed E-state index contributed by atoms with van der Waals surface area (Å²) in [4.78, 5) is 16.4. The van der Waals surface area contributed by atoms with Crippen molar-refractivity contribution in [3.05, 3.63) is 17.3 Å². The molecule has 0 spiro atoms. The van der Waals surface area contributed by atoms with Crippen LogP contribution in [0.15, 0.2) is 12.1 Å². The highest BCUT2D eigenvalue weighted by molar-refractivity contribution is 6.29. The molecule has 1 aromatic heterocycles. The third-order valence-corrected chi connectivity index (χ3v) is 5.78. The number of rotatable bonds is 3. The molecule has 0 N–H and O–H groups in total. The average molecular weight is 397 g/mol. The van der Waals surface area contributed by atoms with E-state index in [1.165, 1.54) is 0 Å². The van der Waals surface area contributed by atoms with Crippen LogP contribution >= 0.6 is 11.6 Å². The van der Waals surface area contributed by atoms with E-state index in [0.717, 1.165) is 19.3 Å². The van der Waals surface area contributed by atoms with Gasteiger partial charge in [-0.3, -0.25) is 4.90 Å². The number of aromatic nitrogens is 2. The highest BCUT2D eigenvalue weighted by Gasteiger charge is 2.54. The molecule has 6 nitrogen and oxygen atoms in total. The first-order valence-electron chi connectivity index (χ1n) is 9.67. The Balaban J connectivity index is 1.56. The maximum atomic E-state index is 15.6. The highest BCUT2D eigenvalue weighted by atomic mass is 35.5. The molecule has 0 aromatic carbocycles. The van der Waals surface area contributed by atoms with Crippen LogP contribution in [0, 0.1) is 0 Å². The van der Waals surface area contributed by atoms with E-state index in [2.05, 4.69) is 15.1 Å². The van der Waals surface area contributed by atoms with Crippen molar-refractivity contribution in [3.63, 3.8) is 0 Å². The summed E-state index contributed by atoms with van der Waals surface area (Å²) in [7, 11) is 0. The normalized spacial score (nSPS) is 30.3. The topological polar surface area (TPSA) is 58.6 Å². The third kappa shape index (κ3) is 3.71. The Hall–Kier alpha value is -1.63. The number of hydrogen-bond acceptors (Lipinski definition) is 5. The zero-order chi connectivity index (χ0) is 19.3. The van der Waals surface area contributed by atoms with Crippen molar-refractivity contribution in [1.82, 2.24) is 15.1 Å². The molecule has 1 amide bonds. The van der Waals surface area contributed by atoms with Crippen molar-refractivity contribution >= 4 is 23.5 Å². The van der Waals surface area contributed by atoms with Crippen molar-refractivity contribution < 1.29 is 13.9 Å². The maximum absolute atomic E-state index is 15.6. The lowest BCUT2D eigenvalue weighted by molar-refractivity contribution is -0.0108. The van der Waals surface area contributed by atoms with Gasteiger partial charge in [-0.25, -0.2) is 9.18 Å². The lowest BCUT2D eigenvalue weighted by Crippen LogP contribution is -2.60. The molecule has 2 saturated heterocycles. The van der Waals surface area contributed by atoms with E-state index in [4.69, 9.17) is 16.3 Å². The number of amides is 1. The molecule has 3 heterocycles. The van der Waals surface area contributed by atoms with Gasteiger partial charge < -0.3 is 9.64 Å². The van der Waals surface area contributed by atoms with Crippen LogP contribution in [0.4, 0.5) is 15.0 Å². The summed E-state index contributed by atoms with van der Waals surface area (Å²) in [6, 6.07) is 3.05. The molecule has 3 fully saturated rings. The van der Waals surface area contributed by atoms with Crippen LogP contribution in [0.25, 0.3) is 0 Å². The van der Waals surface area contributed by atoms with Crippen molar-refractivity contribution in [1.29, 1.82) is 0 Å². The van der Waals surface area contributed by atoms with Crippen LogP contribution in [0.2, 0.25) is 5.15 Å². The molecule has 8 heteroatoms. The fraction of sp³-hybridized carbons (Fsp3) is 0.737. The zero-order valence-electron chi connectivity index (χ0n) is 15.9. The fourth-order valence-corrected chi connectivity index (χ4v) is 4.52. The van der Waals surface area contributed by atoms with Gasteiger partial charge in [0.2, 0.25) is 0 Å². The van der Waals surface area contributed by atoms with E-state index in [-0.39, 0.29) is 18.1 Å². The quantitative estimate of drug-likeness (QED) is 0.773. The predicted octanol–water partition coefficient (Wildman–Crippen LogP) is 3.98. The Kier molecular flexibility index (Phi) is 4.69. The molecule has 0 radical (unpaired) electrons. The molecule has 1 saturated carbocycles. The molecule has 2 aliphatic heterocycles. The molecular formula is C19H26ClFN4O2. The van der Waals surface area contributed by atoms with E-state index in [9.17, 15) is 4.79 Å². The summed E-state index contributed by atoms with van der Waals surface area (Å²) < 4.78 is 21.1. The molecule has 148 valence electrons. The van der Waals surface area contributed by atoms with Gasteiger partial charge in [-0.2, -0.15) is 0 Å². The van der Waals surface area contributed by atoms with Gasteiger partial charge >= 0.3 is 6.09 Å². The number of ether oxygens (including phenoxy) is 1. The lowest BCUT2D eigenvalue weighted by Gasteiger charge is -2.45. The van der Waals surface area contributed by atoms with Gasteiger partial charge in [0.1, 0.15) is 11.8 Å². The fourth-order valence-electron chi connectivity index (χ4n) is 4.41. The number of anilines is 1. The highest BCUT2D eigenvalue weighted by Crippen LogP contribution is 2.44. The second kappa shape index (κ2) is 6.76. The van der Waals surface area contributed by atoms with Gasteiger partial charge in [-0.05, 0) is 65.0 Å². The zero-order valence-corrected chi connectivity index (χ0v) is 16.7. The van der Waals surface area contributed by atoms with E-state index in [0.29, 0.717) is 23.8 Å². The largest absolute Gasteiger partial charge is 0.444 e. The number of nitrogens with zero attached hydrogens (tertiary/aromatic N) is 4. The Bertz CT molecular complexity index is 707. The second-order valence-corrected chi connectivity index (χ2v) is 9.17. The number of halogens is 2. The molecule has 27 heavy (non-hydrogen) atoms. The Morgan fingerprint density at radius 3 is 2.59 bits per heavy atom. The average Bonchev–Trinajstić information content (AvgIpc) is 3.34. The minimum atomic E-state index is -1.14. The molecule has 3 aliphatic rings. The molecule has 4 rings (SSSR count). The van der Waals surface area contributed by atoms with Crippen molar-refractivity contribution in [2.45, 2.75) is 88.8 Å². The first-order chi connectivity index (χ1) is 12.7. The minimum absolute atomic E-state index is 0.00311. The Morgan fingerprint density at radius 2 is 2.00 bits per heavy atom. The van der Waals surface area contributed by atoms with Gasteiger partial charge in [0, 0.05) is 12.1 Å². The van der Waals surface area contributed by atoms with E-state index in [1.54, 1.807) is 11.0 Å². The van der Waals surface area contributed by atoms with Gasteiger partial charge in [0.05, 0.1) is 12.1 Å². The number of alkyl halides is 1. The minimum Gasteiger partial charge on any atom is -0.444 e. The monoisotopic (exact) mass is 396 g/mol. The van der Waals surface area contributed by atoms with E-state index < -0.39 is 23.9 Å². The maximum Gasteiger partial charge on any atom is 0.410 e. The number of fused-ring (bicyclic) bond motifs is 2. The first-order valence-corrected chi connectivity index (χ1v) is 10.1. The predicted molar refractivity (Wildman–Crippen MR) is 101 cm³/mol. The third-order valence-electron chi connectivity index (χ3n) is 5.58. The van der Waals surface area contributed by atoms with Gasteiger partial charge in [-0.15, -0.1) is 10.2 Å². The molecule has 2 bridgehead atoms. The Morgan fingerprint density at radius 1 is 1.26 bits per heavy atom. The number of piperidine rings is 1. The molecule has 1 aliphatic carbocycles. The second-order valence-electron chi connectivity index (χ2n) is 8.79. The lowest BCUT2D eigenvalue weighted by atomic mass is 9.94. The summed E-state index contributed by atoms with van der Waals surface area (Å²) in [5, 5.41) is 8.45. The van der Waals surface area contributed by atoms with Crippen LogP contribution in [-0.4, -0.2) is 57.1 Å². The van der Waals surface area contributed by atoms with Crippen LogP contribution in [0.3, 0.4) is 0 Å². The van der Waals surface area contributed by atoms with E-state index >= 15 is 4.39 Å². The van der Waals surface area contributed by atoms with Crippen LogP contribution < -0.4 is 4.90 Å². The van der Waals surface area contributed by atoms with Crippen molar-refractivity contribution in [3.8, 4) is 0 Å². The molecule has 1 aromatic rings. The van der Waals surface area contributed by atoms with Crippen LogP contribution in [0.5, 0.6) is 0 Å². The Labute approximate surface area is 164 Å². The van der Waals surface area contributed by atoms with Gasteiger partial charge in [0.25, 0.3) is 0 Å². The summed E-state index contributed by atoms with van der Waals surface area (Å²) in [5.74, 6) is 0.666. The molecular weight excluding hydrogens is 371 g/mol. The van der Waals surface area contributed by atoms with Crippen LogP contribution in [0.1, 0.15) is 52.9 Å². The molecule has 0 unspecified atom stereocenters. The smallest absolute Gasteiger partial charge is 0.410 e. The standard InChI is InChI=1S/C19H26ClFN4O2/c1-19(2,3)27-18(26)25-12-6-7-13(25)17(21)14(10-12)24(11-4-5-11)16-9-8-15(20)22-23-16/h8-9,11-14,17H,4-7,10H2,1-3H3/t12-,13+,14+,17-/m0/s1. The summed E-state index contributed by atoms with van der Waals surface area (Å²) >= 11 is 5.86. The summed E-state index contributed by atoms with van der Waals surface area (Å²) in [6.07, 6.45) is 2.57. The first kappa shape index (κ1) is 18.7. The summed E-state index contributed by atoms with van der Waals surface area (Å²) in [6.45, 7) is 5.50.